The molecule has 21 heavy (non-hydrogen) atoms. The van der Waals surface area contributed by atoms with Gasteiger partial charge >= 0.3 is 5.97 Å². The minimum absolute atomic E-state index is 0.0398. The third kappa shape index (κ3) is 3.59. The zero-order chi connectivity index (χ0) is 15.6. The summed E-state index contributed by atoms with van der Waals surface area (Å²) < 4.78 is 14.4. The molecule has 0 bridgehead atoms. The molecular weight excluding hydrogens is 343 g/mol. The van der Waals surface area contributed by atoms with E-state index in [0.29, 0.717) is 30.7 Å². The molecule has 1 aromatic rings. The number of hydrogen-bond acceptors (Lipinski definition) is 3. The Morgan fingerprint density at radius 3 is 2.43 bits per heavy atom. The Morgan fingerprint density at radius 2 is 1.90 bits per heavy atom. The van der Waals surface area contributed by atoms with E-state index in [2.05, 4.69) is 15.9 Å². The Balaban J connectivity index is 2.02. The summed E-state index contributed by atoms with van der Waals surface area (Å²) in [6, 6.07) is 3.76. The van der Waals surface area contributed by atoms with Crippen LogP contribution in [0.2, 0.25) is 0 Å². The van der Waals surface area contributed by atoms with Gasteiger partial charge in [0.2, 0.25) is 0 Å². The molecule has 0 spiro atoms. The standard InChI is InChI=1S/C14H16BrFN2O3/c1-9(14(20)21)17-4-6-18(7-5-17)13(19)11-3-2-10(15)8-12(11)16/h2-3,8-9H,4-7H2,1H3,(H,20,21). The van der Waals surface area contributed by atoms with Crippen molar-refractivity contribution >= 4 is 27.8 Å². The molecule has 1 amide bonds. The van der Waals surface area contributed by atoms with E-state index >= 15 is 0 Å². The van der Waals surface area contributed by atoms with Crippen molar-refractivity contribution in [2.24, 2.45) is 0 Å². The maximum atomic E-state index is 13.8. The number of rotatable bonds is 3. The van der Waals surface area contributed by atoms with Crippen molar-refractivity contribution in [1.29, 1.82) is 0 Å². The van der Waals surface area contributed by atoms with E-state index in [1.54, 1.807) is 22.8 Å². The Hall–Kier alpha value is -1.47. The lowest BCUT2D eigenvalue weighted by Gasteiger charge is -2.36. The number of halogens is 2. The van der Waals surface area contributed by atoms with Gasteiger partial charge in [-0.05, 0) is 25.1 Å². The number of hydrogen-bond donors (Lipinski definition) is 1. The molecule has 1 fully saturated rings. The molecule has 0 radical (unpaired) electrons. The topological polar surface area (TPSA) is 60.9 Å². The summed E-state index contributed by atoms with van der Waals surface area (Å²) in [5.74, 6) is -1.80. The molecule has 1 aliphatic rings. The minimum Gasteiger partial charge on any atom is -0.480 e. The van der Waals surface area contributed by atoms with Crippen molar-refractivity contribution < 1.29 is 19.1 Å². The van der Waals surface area contributed by atoms with Crippen molar-refractivity contribution in [1.82, 2.24) is 9.80 Å². The minimum atomic E-state index is -0.881. The van der Waals surface area contributed by atoms with Crippen LogP contribution in [-0.2, 0) is 4.79 Å². The maximum absolute atomic E-state index is 13.8. The van der Waals surface area contributed by atoms with E-state index in [9.17, 15) is 14.0 Å². The van der Waals surface area contributed by atoms with Gasteiger partial charge in [-0.3, -0.25) is 14.5 Å². The number of carboxylic acid groups (broad SMARTS) is 1. The maximum Gasteiger partial charge on any atom is 0.320 e. The fourth-order valence-electron chi connectivity index (χ4n) is 2.30. The van der Waals surface area contributed by atoms with E-state index in [0.717, 1.165) is 0 Å². The third-order valence-corrected chi connectivity index (χ3v) is 4.16. The first-order valence-corrected chi connectivity index (χ1v) is 7.40. The van der Waals surface area contributed by atoms with Gasteiger partial charge in [-0.15, -0.1) is 0 Å². The molecule has 1 N–H and O–H groups in total. The largest absolute Gasteiger partial charge is 0.480 e. The van der Waals surface area contributed by atoms with Gasteiger partial charge in [-0.1, -0.05) is 15.9 Å². The molecule has 2 rings (SSSR count). The monoisotopic (exact) mass is 358 g/mol. The number of benzene rings is 1. The summed E-state index contributed by atoms with van der Waals surface area (Å²) in [5, 5.41) is 8.97. The summed E-state index contributed by atoms with van der Waals surface area (Å²) in [7, 11) is 0. The summed E-state index contributed by atoms with van der Waals surface area (Å²) in [4.78, 5) is 26.6. The molecule has 7 heteroatoms. The average molecular weight is 359 g/mol. The second-order valence-corrected chi connectivity index (χ2v) is 5.88. The number of aliphatic carboxylic acids is 1. The van der Waals surface area contributed by atoms with Gasteiger partial charge in [-0.2, -0.15) is 0 Å². The number of carboxylic acids is 1. The second-order valence-electron chi connectivity index (χ2n) is 4.97. The molecule has 0 saturated carbocycles. The molecule has 1 saturated heterocycles. The van der Waals surface area contributed by atoms with E-state index in [4.69, 9.17) is 5.11 Å². The van der Waals surface area contributed by atoms with Gasteiger partial charge in [0.15, 0.2) is 0 Å². The number of nitrogens with zero attached hydrogens (tertiary/aromatic N) is 2. The Kier molecular flexibility index (Phi) is 4.95. The van der Waals surface area contributed by atoms with Crippen LogP contribution in [0.5, 0.6) is 0 Å². The van der Waals surface area contributed by atoms with Gasteiger partial charge in [-0.25, -0.2) is 4.39 Å². The molecule has 0 aliphatic carbocycles. The number of piperazine rings is 1. The second kappa shape index (κ2) is 6.53. The fraction of sp³-hybridized carbons (Fsp3) is 0.429. The van der Waals surface area contributed by atoms with Crippen LogP contribution in [-0.4, -0.2) is 59.0 Å². The van der Waals surface area contributed by atoms with Crippen LogP contribution >= 0.6 is 15.9 Å². The normalized spacial score (nSPS) is 17.6. The predicted molar refractivity (Wildman–Crippen MR) is 78.7 cm³/mol. The van der Waals surface area contributed by atoms with Crippen LogP contribution in [0.3, 0.4) is 0 Å². The summed E-state index contributed by atoms with van der Waals surface area (Å²) in [6.45, 7) is 3.35. The van der Waals surface area contributed by atoms with Crippen molar-refractivity contribution in [3.05, 3.63) is 34.1 Å². The summed E-state index contributed by atoms with van der Waals surface area (Å²) >= 11 is 3.15. The van der Waals surface area contributed by atoms with Gasteiger partial charge in [0, 0.05) is 30.7 Å². The van der Waals surface area contributed by atoms with Crippen LogP contribution in [0.25, 0.3) is 0 Å². The van der Waals surface area contributed by atoms with Gasteiger partial charge in [0.1, 0.15) is 11.9 Å². The summed E-state index contributed by atoms with van der Waals surface area (Å²) in [6.07, 6.45) is 0. The molecule has 1 aliphatic heterocycles. The summed E-state index contributed by atoms with van der Waals surface area (Å²) in [5.41, 5.74) is 0.0398. The van der Waals surface area contributed by atoms with Gasteiger partial charge in [0.25, 0.3) is 5.91 Å². The number of amides is 1. The molecule has 1 unspecified atom stereocenters. The number of carbonyl (C=O) groups excluding carboxylic acids is 1. The van der Waals surface area contributed by atoms with E-state index < -0.39 is 17.8 Å². The fourth-order valence-corrected chi connectivity index (χ4v) is 2.63. The lowest BCUT2D eigenvalue weighted by atomic mass is 10.1. The highest BCUT2D eigenvalue weighted by atomic mass is 79.9. The highest BCUT2D eigenvalue weighted by Crippen LogP contribution is 2.18. The van der Waals surface area contributed by atoms with Crippen molar-refractivity contribution in [3.63, 3.8) is 0 Å². The highest BCUT2D eigenvalue weighted by molar-refractivity contribution is 9.10. The van der Waals surface area contributed by atoms with Gasteiger partial charge < -0.3 is 10.0 Å². The third-order valence-electron chi connectivity index (χ3n) is 3.67. The predicted octanol–water partition coefficient (Wildman–Crippen LogP) is 1.82. The van der Waals surface area contributed by atoms with E-state index in [1.807, 2.05) is 0 Å². The zero-order valence-electron chi connectivity index (χ0n) is 11.6. The van der Waals surface area contributed by atoms with Crippen LogP contribution in [0, 0.1) is 5.82 Å². The quantitative estimate of drug-likeness (QED) is 0.895. The molecule has 5 nitrogen and oxygen atoms in total. The van der Waals surface area contributed by atoms with Gasteiger partial charge in [0.05, 0.1) is 5.56 Å². The lowest BCUT2D eigenvalue weighted by molar-refractivity contribution is -0.143. The molecule has 1 heterocycles. The van der Waals surface area contributed by atoms with Crippen LogP contribution in [0.15, 0.2) is 22.7 Å². The Morgan fingerprint density at radius 1 is 1.29 bits per heavy atom. The average Bonchev–Trinajstić information content (AvgIpc) is 2.46. The smallest absolute Gasteiger partial charge is 0.320 e. The van der Waals surface area contributed by atoms with Crippen LogP contribution < -0.4 is 0 Å². The van der Waals surface area contributed by atoms with Crippen molar-refractivity contribution in [2.75, 3.05) is 26.2 Å². The first kappa shape index (κ1) is 15.9. The Bertz CT molecular complexity index is 559. The SMILES string of the molecule is CC(C(=O)O)N1CCN(C(=O)c2ccc(Br)cc2F)CC1. The first-order chi connectivity index (χ1) is 9.90. The molecule has 0 aromatic heterocycles. The highest BCUT2D eigenvalue weighted by Gasteiger charge is 2.28. The first-order valence-electron chi connectivity index (χ1n) is 6.61. The van der Waals surface area contributed by atoms with Crippen molar-refractivity contribution in [3.8, 4) is 0 Å². The molecule has 1 atom stereocenters. The lowest BCUT2D eigenvalue weighted by Crippen LogP contribution is -2.53. The molecular formula is C14H16BrFN2O3. The molecule has 114 valence electrons. The van der Waals surface area contributed by atoms with Crippen LogP contribution in [0.4, 0.5) is 4.39 Å². The van der Waals surface area contributed by atoms with E-state index in [-0.39, 0.29) is 11.5 Å². The number of carbonyl (C=O) groups is 2. The van der Waals surface area contributed by atoms with Crippen LogP contribution in [0.1, 0.15) is 17.3 Å². The zero-order valence-corrected chi connectivity index (χ0v) is 13.1. The molecule has 1 aromatic carbocycles. The van der Waals surface area contributed by atoms with E-state index in [1.165, 1.54) is 12.1 Å². The van der Waals surface area contributed by atoms with Crippen molar-refractivity contribution in [2.45, 2.75) is 13.0 Å². The Labute approximate surface area is 130 Å².